The summed E-state index contributed by atoms with van der Waals surface area (Å²) in [5, 5.41) is 15.7. The first kappa shape index (κ1) is 21.9. The van der Waals surface area contributed by atoms with E-state index < -0.39 is 5.97 Å². The number of aromatic nitrogens is 2. The van der Waals surface area contributed by atoms with Crippen LogP contribution in [0.25, 0.3) is 22.2 Å². The van der Waals surface area contributed by atoms with Crippen LogP contribution in [0.3, 0.4) is 0 Å². The van der Waals surface area contributed by atoms with Crippen molar-refractivity contribution in [2.75, 3.05) is 11.9 Å². The third-order valence-corrected chi connectivity index (χ3v) is 6.99. The smallest absolute Gasteiger partial charge is 0.345 e. The van der Waals surface area contributed by atoms with E-state index in [0.29, 0.717) is 23.1 Å². The van der Waals surface area contributed by atoms with E-state index in [1.807, 2.05) is 49.5 Å². The van der Waals surface area contributed by atoms with Crippen LogP contribution in [-0.4, -0.2) is 28.3 Å². The molecule has 2 heterocycles. The van der Waals surface area contributed by atoms with Crippen LogP contribution in [-0.2, 0) is 6.54 Å². The molecule has 1 N–H and O–H groups in total. The Morgan fingerprint density at radius 2 is 1.79 bits per heavy atom. The van der Waals surface area contributed by atoms with Crippen LogP contribution in [0.1, 0.15) is 38.8 Å². The van der Waals surface area contributed by atoms with E-state index in [9.17, 15) is 4.79 Å². The molecule has 0 saturated heterocycles. The first-order valence-corrected chi connectivity index (χ1v) is 11.8. The van der Waals surface area contributed by atoms with Crippen LogP contribution in [0.15, 0.2) is 83.4 Å². The molecule has 0 spiro atoms. The summed E-state index contributed by atoms with van der Waals surface area (Å²) in [5.41, 5.74) is 3.05. The van der Waals surface area contributed by atoms with Gasteiger partial charge in [0.15, 0.2) is 0 Å². The Morgan fingerprint density at radius 3 is 2.56 bits per heavy atom. The largest absolute Gasteiger partial charge is 0.477 e. The Hall–Kier alpha value is -3.97. The first-order valence-electron chi connectivity index (χ1n) is 10.9. The Balaban J connectivity index is 1.32. The maximum atomic E-state index is 11.1. The fraction of sp³-hybridized carbons (Fsp3) is 0.148. The lowest BCUT2D eigenvalue weighted by Crippen LogP contribution is -2.15. The lowest BCUT2D eigenvalue weighted by molar-refractivity contribution is 0.0702. The number of anilines is 1. The topological polar surface area (TPSA) is 79.5 Å². The molecule has 5 aromatic rings. The SMILES string of the molecule is CC(c1nc(-c2ccc(N(C)Cc3ccc(C(=O)O)s3)cc2)no1)c1cccc2ccccc12. The molecule has 7 heteroatoms. The molecule has 0 aliphatic heterocycles. The minimum atomic E-state index is -0.891. The molecule has 0 fully saturated rings. The van der Waals surface area contributed by atoms with Gasteiger partial charge in [0.25, 0.3) is 0 Å². The van der Waals surface area contributed by atoms with E-state index in [2.05, 4.69) is 52.3 Å². The predicted octanol–water partition coefficient (Wildman–Crippen LogP) is 6.44. The van der Waals surface area contributed by atoms with Gasteiger partial charge in [-0.15, -0.1) is 11.3 Å². The van der Waals surface area contributed by atoms with Crippen LogP contribution in [0, 0.1) is 0 Å². The lowest BCUT2D eigenvalue weighted by atomic mass is 9.95. The normalized spacial score (nSPS) is 12.1. The molecule has 0 saturated carbocycles. The number of carboxylic acid groups (broad SMARTS) is 1. The van der Waals surface area contributed by atoms with Crippen molar-refractivity contribution in [2.24, 2.45) is 0 Å². The molecule has 0 bridgehead atoms. The molecule has 170 valence electrons. The second-order valence-electron chi connectivity index (χ2n) is 8.22. The third kappa shape index (κ3) is 4.30. The molecule has 0 radical (unpaired) electrons. The second kappa shape index (κ2) is 9.11. The average molecular weight is 470 g/mol. The summed E-state index contributed by atoms with van der Waals surface area (Å²) >= 11 is 1.29. The van der Waals surface area contributed by atoms with E-state index in [1.54, 1.807) is 6.07 Å². The number of thiophene rings is 1. The van der Waals surface area contributed by atoms with E-state index >= 15 is 0 Å². The molecule has 1 unspecified atom stereocenters. The molecule has 2 aromatic heterocycles. The van der Waals surface area contributed by atoms with Crippen molar-refractivity contribution in [3.8, 4) is 11.4 Å². The molecular weight excluding hydrogens is 446 g/mol. The Kier molecular flexibility index (Phi) is 5.86. The highest BCUT2D eigenvalue weighted by Gasteiger charge is 2.19. The third-order valence-electron chi connectivity index (χ3n) is 5.93. The van der Waals surface area contributed by atoms with Crippen LogP contribution >= 0.6 is 11.3 Å². The second-order valence-corrected chi connectivity index (χ2v) is 9.39. The number of hydrogen-bond acceptors (Lipinski definition) is 6. The number of nitrogens with zero attached hydrogens (tertiary/aromatic N) is 3. The maximum absolute atomic E-state index is 11.1. The molecule has 1 atom stereocenters. The van der Waals surface area contributed by atoms with Crippen molar-refractivity contribution < 1.29 is 14.4 Å². The van der Waals surface area contributed by atoms with Gasteiger partial charge in [0, 0.05) is 23.2 Å². The van der Waals surface area contributed by atoms with Crippen LogP contribution < -0.4 is 4.90 Å². The standard InChI is InChI=1S/C27H23N3O3S/c1-17(22-9-5-7-18-6-3-4-8-23(18)22)26-28-25(29-33-26)19-10-12-20(13-11-19)30(2)16-21-14-15-24(34-21)27(31)32/h3-15,17H,16H2,1-2H3,(H,31,32). The zero-order valence-electron chi connectivity index (χ0n) is 18.8. The van der Waals surface area contributed by atoms with Gasteiger partial charge in [0.1, 0.15) is 4.88 Å². The van der Waals surface area contributed by atoms with Gasteiger partial charge < -0.3 is 14.5 Å². The number of rotatable bonds is 7. The van der Waals surface area contributed by atoms with E-state index in [-0.39, 0.29) is 5.92 Å². The minimum absolute atomic E-state index is 0.0285. The van der Waals surface area contributed by atoms with Crippen molar-refractivity contribution >= 4 is 33.8 Å². The van der Waals surface area contributed by atoms with Crippen LogP contribution in [0.2, 0.25) is 0 Å². The Bertz CT molecular complexity index is 1450. The molecule has 0 aliphatic carbocycles. The quantitative estimate of drug-likeness (QED) is 0.296. The highest BCUT2D eigenvalue weighted by atomic mass is 32.1. The van der Waals surface area contributed by atoms with Crippen molar-refractivity contribution in [3.05, 3.63) is 100 Å². The monoisotopic (exact) mass is 469 g/mol. The summed E-state index contributed by atoms with van der Waals surface area (Å²) < 4.78 is 5.64. The highest BCUT2D eigenvalue weighted by molar-refractivity contribution is 7.13. The molecule has 6 nitrogen and oxygen atoms in total. The molecule has 0 aliphatic rings. The average Bonchev–Trinajstić information content (AvgIpc) is 3.54. The van der Waals surface area contributed by atoms with Gasteiger partial charge in [0.2, 0.25) is 11.7 Å². The summed E-state index contributed by atoms with van der Waals surface area (Å²) in [4.78, 5) is 19.2. The molecule has 0 amide bonds. The summed E-state index contributed by atoms with van der Waals surface area (Å²) in [7, 11) is 1.98. The van der Waals surface area contributed by atoms with Crippen molar-refractivity contribution in [1.82, 2.24) is 10.1 Å². The fourth-order valence-electron chi connectivity index (χ4n) is 4.06. The van der Waals surface area contributed by atoms with Crippen LogP contribution in [0.4, 0.5) is 5.69 Å². The minimum Gasteiger partial charge on any atom is -0.477 e. The van der Waals surface area contributed by atoms with Gasteiger partial charge in [-0.2, -0.15) is 4.98 Å². The fourth-order valence-corrected chi connectivity index (χ4v) is 4.96. The number of hydrogen-bond donors (Lipinski definition) is 1. The number of aromatic carboxylic acids is 1. The van der Waals surface area contributed by atoms with Gasteiger partial charge >= 0.3 is 5.97 Å². The molecule has 3 aromatic carbocycles. The van der Waals surface area contributed by atoms with Gasteiger partial charge in [-0.3, -0.25) is 0 Å². The number of benzene rings is 3. The number of carbonyl (C=O) groups is 1. The molecule has 34 heavy (non-hydrogen) atoms. The number of carboxylic acids is 1. The van der Waals surface area contributed by atoms with E-state index in [1.165, 1.54) is 22.1 Å². The van der Waals surface area contributed by atoms with Crippen molar-refractivity contribution in [2.45, 2.75) is 19.4 Å². The summed E-state index contributed by atoms with van der Waals surface area (Å²) in [6.45, 7) is 2.71. The Morgan fingerprint density at radius 1 is 1.03 bits per heavy atom. The van der Waals surface area contributed by atoms with E-state index in [0.717, 1.165) is 21.7 Å². The summed E-state index contributed by atoms with van der Waals surface area (Å²) in [6, 6.07) is 26.0. The van der Waals surface area contributed by atoms with Crippen molar-refractivity contribution in [1.29, 1.82) is 0 Å². The molecular formula is C27H23N3O3S. The van der Waals surface area contributed by atoms with Gasteiger partial charge in [-0.05, 0) is 59.7 Å². The molecule has 5 rings (SSSR count). The maximum Gasteiger partial charge on any atom is 0.345 e. The predicted molar refractivity (Wildman–Crippen MR) is 135 cm³/mol. The lowest BCUT2D eigenvalue weighted by Gasteiger charge is -2.18. The first-order chi connectivity index (χ1) is 16.5. The zero-order chi connectivity index (χ0) is 23.7. The zero-order valence-corrected chi connectivity index (χ0v) is 19.6. The van der Waals surface area contributed by atoms with Crippen LogP contribution in [0.5, 0.6) is 0 Å². The summed E-state index contributed by atoms with van der Waals surface area (Å²) in [6.07, 6.45) is 0. The number of fused-ring (bicyclic) bond motifs is 1. The highest BCUT2D eigenvalue weighted by Crippen LogP contribution is 2.31. The van der Waals surface area contributed by atoms with E-state index in [4.69, 9.17) is 9.63 Å². The summed E-state index contributed by atoms with van der Waals surface area (Å²) in [5.74, 6) is 0.219. The van der Waals surface area contributed by atoms with Gasteiger partial charge in [-0.25, -0.2) is 4.79 Å². The van der Waals surface area contributed by atoms with Gasteiger partial charge in [0.05, 0.1) is 12.5 Å². The van der Waals surface area contributed by atoms with Crippen molar-refractivity contribution in [3.63, 3.8) is 0 Å². The Labute approximate surface area is 201 Å². The van der Waals surface area contributed by atoms with Gasteiger partial charge in [-0.1, -0.05) is 47.6 Å².